The zero-order chi connectivity index (χ0) is 13.0. The summed E-state index contributed by atoms with van der Waals surface area (Å²) in [4.78, 5) is 0. The fraction of sp³-hybridized carbons (Fsp3) is 0. The van der Waals surface area contributed by atoms with Crippen molar-refractivity contribution in [1.82, 2.24) is 0 Å². The van der Waals surface area contributed by atoms with E-state index >= 15 is 0 Å². The molecule has 94 valence electrons. The number of hydrogen-bond donors (Lipinski definition) is 0. The lowest BCUT2D eigenvalue weighted by molar-refractivity contribution is 0.437. The Morgan fingerprint density at radius 3 is 2.42 bits per heavy atom. The molecule has 1 aliphatic rings. The van der Waals surface area contributed by atoms with Gasteiger partial charge in [-0.25, -0.2) is 0 Å². The topological polar surface area (TPSA) is 52.6 Å². The first kappa shape index (κ1) is 10.6. The Morgan fingerprint density at radius 2 is 1.53 bits per heavy atom. The van der Waals surface area contributed by atoms with E-state index in [4.69, 9.17) is 8.37 Å². The number of rotatable bonds is 0. The number of benzene rings is 3. The standard InChI is InChI=1S/C14H8O4S/c15-19(16)17-13-8-7-11-10-4-2-1-3-9(10)5-6-12(11)14(13)18-19/h1-8H. The van der Waals surface area contributed by atoms with Gasteiger partial charge in [0, 0.05) is 5.39 Å². The van der Waals surface area contributed by atoms with Crippen LogP contribution < -0.4 is 8.37 Å². The summed E-state index contributed by atoms with van der Waals surface area (Å²) in [5, 5.41) is 3.82. The Hall–Kier alpha value is -2.27. The largest absolute Gasteiger partial charge is 0.501 e. The summed E-state index contributed by atoms with van der Waals surface area (Å²) in [7, 11) is -3.95. The maximum atomic E-state index is 11.4. The Bertz CT molecular complexity index is 929. The fourth-order valence-corrected chi connectivity index (χ4v) is 3.18. The predicted octanol–water partition coefficient (Wildman–Crippen LogP) is 3.01. The molecule has 0 fully saturated rings. The molecule has 0 N–H and O–H groups in total. The molecule has 1 heterocycles. The van der Waals surface area contributed by atoms with Crippen LogP contribution in [0.4, 0.5) is 0 Å². The van der Waals surface area contributed by atoms with Crippen molar-refractivity contribution in [3.05, 3.63) is 48.5 Å². The van der Waals surface area contributed by atoms with Gasteiger partial charge in [-0.05, 0) is 34.4 Å². The summed E-state index contributed by atoms with van der Waals surface area (Å²) in [6.45, 7) is 0. The molecule has 4 nitrogen and oxygen atoms in total. The lowest BCUT2D eigenvalue weighted by Gasteiger charge is -2.05. The van der Waals surface area contributed by atoms with Gasteiger partial charge in [0.15, 0.2) is 11.5 Å². The van der Waals surface area contributed by atoms with Crippen LogP contribution in [0.3, 0.4) is 0 Å². The Morgan fingerprint density at radius 1 is 0.737 bits per heavy atom. The monoisotopic (exact) mass is 272 g/mol. The molecule has 3 aromatic carbocycles. The van der Waals surface area contributed by atoms with Gasteiger partial charge in [-0.15, -0.1) is 8.42 Å². The minimum atomic E-state index is -3.95. The first-order valence-corrected chi connectivity index (χ1v) is 7.06. The van der Waals surface area contributed by atoms with Gasteiger partial charge in [0.1, 0.15) is 0 Å². The molecule has 0 spiro atoms. The van der Waals surface area contributed by atoms with E-state index in [0.717, 1.165) is 21.5 Å². The lowest BCUT2D eigenvalue weighted by Crippen LogP contribution is -2.08. The third-order valence-electron chi connectivity index (χ3n) is 3.22. The average molecular weight is 272 g/mol. The molecule has 0 saturated heterocycles. The van der Waals surface area contributed by atoms with Crippen molar-refractivity contribution in [3.8, 4) is 11.5 Å². The molecule has 1 aliphatic heterocycles. The van der Waals surface area contributed by atoms with Crippen molar-refractivity contribution in [2.45, 2.75) is 0 Å². The molecule has 0 bridgehead atoms. The zero-order valence-corrected chi connectivity index (χ0v) is 10.5. The molecule has 0 unspecified atom stereocenters. The maximum Gasteiger partial charge on any atom is 0.501 e. The van der Waals surface area contributed by atoms with Gasteiger partial charge in [-0.1, -0.05) is 30.3 Å². The highest BCUT2D eigenvalue weighted by atomic mass is 32.3. The zero-order valence-electron chi connectivity index (χ0n) is 9.66. The molecule has 0 radical (unpaired) electrons. The van der Waals surface area contributed by atoms with Crippen LogP contribution in [0, 0.1) is 0 Å². The third-order valence-corrected chi connectivity index (χ3v) is 3.97. The van der Waals surface area contributed by atoms with E-state index in [9.17, 15) is 8.42 Å². The van der Waals surface area contributed by atoms with Crippen molar-refractivity contribution >= 4 is 31.9 Å². The minimum Gasteiger partial charge on any atom is -0.349 e. The van der Waals surface area contributed by atoms with Gasteiger partial charge < -0.3 is 8.37 Å². The summed E-state index contributed by atoms with van der Waals surface area (Å²) in [6.07, 6.45) is 0. The Labute approximate surface area is 109 Å². The van der Waals surface area contributed by atoms with Crippen molar-refractivity contribution in [2.75, 3.05) is 0 Å². The van der Waals surface area contributed by atoms with Gasteiger partial charge >= 0.3 is 10.4 Å². The fourth-order valence-electron chi connectivity index (χ4n) is 2.42. The van der Waals surface area contributed by atoms with E-state index in [-0.39, 0.29) is 11.5 Å². The van der Waals surface area contributed by atoms with Crippen LogP contribution in [0.1, 0.15) is 0 Å². The third kappa shape index (κ3) is 1.48. The van der Waals surface area contributed by atoms with Gasteiger partial charge in [0.05, 0.1) is 0 Å². The highest BCUT2D eigenvalue weighted by Crippen LogP contribution is 2.43. The van der Waals surface area contributed by atoms with E-state index in [1.165, 1.54) is 0 Å². The van der Waals surface area contributed by atoms with Crippen LogP contribution in [-0.2, 0) is 10.4 Å². The summed E-state index contributed by atoms with van der Waals surface area (Å²) in [5.41, 5.74) is 0. The number of hydrogen-bond acceptors (Lipinski definition) is 4. The van der Waals surface area contributed by atoms with Gasteiger partial charge in [0.2, 0.25) is 0 Å². The van der Waals surface area contributed by atoms with Gasteiger partial charge in [-0.3, -0.25) is 0 Å². The normalized spacial score (nSPS) is 16.0. The van der Waals surface area contributed by atoms with E-state index < -0.39 is 10.4 Å². The summed E-state index contributed by atoms with van der Waals surface area (Å²) >= 11 is 0. The van der Waals surface area contributed by atoms with Crippen molar-refractivity contribution < 1.29 is 16.8 Å². The van der Waals surface area contributed by atoms with Crippen LogP contribution in [-0.4, -0.2) is 8.42 Å². The minimum absolute atomic E-state index is 0.239. The van der Waals surface area contributed by atoms with Crippen LogP contribution in [0.5, 0.6) is 11.5 Å². The Kier molecular flexibility index (Phi) is 1.90. The van der Waals surface area contributed by atoms with Crippen molar-refractivity contribution in [2.24, 2.45) is 0 Å². The van der Waals surface area contributed by atoms with Crippen molar-refractivity contribution in [1.29, 1.82) is 0 Å². The molecule has 0 aromatic heterocycles. The second kappa shape index (κ2) is 3.39. The second-order valence-electron chi connectivity index (χ2n) is 4.35. The predicted molar refractivity (Wildman–Crippen MR) is 71.6 cm³/mol. The molecule has 0 aliphatic carbocycles. The SMILES string of the molecule is O=S1(=O)Oc2ccc3c(ccc4ccccc43)c2O1. The highest BCUT2D eigenvalue weighted by molar-refractivity contribution is 7.82. The van der Waals surface area contributed by atoms with Crippen LogP contribution in [0.2, 0.25) is 0 Å². The molecule has 4 rings (SSSR count). The molecule has 19 heavy (non-hydrogen) atoms. The van der Waals surface area contributed by atoms with E-state index in [1.807, 2.05) is 42.5 Å². The smallest absolute Gasteiger partial charge is 0.349 e. The van der Waals surface area contributed by atoms with Crippen LogP contribution in [0.15, 0.2) is 48.5 Å². The van der Waals surface area contributed by atoms with Gasteiger partial charge in [-0.2, -0.15) is 0 Å². The van der Waals surface area contributed by atoms with Crippen LogP contribution >= 0.6 is 0 Å². The van der Waals surface area contributed by atoms with Crippen LogP contribution in [0.25, 0.3) is 21.5 Å². The quantitative estimate of drug-likeness (QED) is 0.590. The lowest BCUT2D eigenvalue weighted by atomic mass is 10.0. The summed E-state index contributed by atoms with van der Waals surface area (Å²) in [6, 6.07) is 15.2. The second-order valence-corrected chi connectivity index (χ2v) is 5.50. The van der Waals surface area contributed by atoms with Crippen molar-refractivity contribution in [3.63, 3.8) is 0 Å². The molecular weight excluding hydrogens is 264 g/mol. The highest BCUT2D eigenvalue weighted by Gasteiger charge is 2.30. The molecule has 0 atom stereocenters. The Balaban J connectivity index is 2.16. The first-order valence-electron chi connectivity index (χ1n) is 5.72. The first-order chi connectivity index (χ1) is 9.14. The van der Waals surface area contributed by atoms with Gasteiger partial charge in [0.25, 0.3) is 0 Å². The molecule has 0 amide bonds. The maximum absolute atomic E-state index is 11.4. The molecule has 3 aromatic rings. The van der Waals surface area contributed by atoms with E-state index in [0.29, 0.717) is 0 Å². The molecule has 5 heteroatoms. The molecular formula is C14H8O4S. The summed E-state index contributed by atoms with van der Waals surface area (Å²) in [5.74, 6) is 0.506. The van der Waals surface area contributed by atoms with E-state index in [1.54, 1.807) is 6.07 Å². The van der Waals surface area contributed by atoms with E-state index in [2.05, 4.69) is 0 Å². The molecule has 0 saturated carbocycles. The number of fused-ring (bicyclic) bond motifs is 5. The summed E-state index contributed by atoms with van der Waals surface area (Å²) < 4.78 is 32.4. The average Bonchev–Trinajstić information content (AvgIpc) is 2.72.